The molecule has 1 fully saturated rings. The number of aliphatic hydroxyl groups is 1. The lowest BCUT2D eigenvalue weighted by Crippen LogP contribution is -2.36. The highest BCUT2D eigenvalue weighted by Crippen LogP contribution is 2.28. The van der Waals surface area contributed by atoms with Gasteiger partial charge in [0.15, 0.2) is 0 Å². The van der Waals surface area contributed by atoms with Gasteiger partial charge in [-0.3, -0.25) is 9.69 Å². The Kier molecular flexibility index (Phi) is 3.91. The van der Waals surface area contributed by atoms with E-state index in [1.54, 1.807) is 13.0 Å². The van der Waals surface area contributed by atoms with Crippen LogP contribution in [0.5, 0.6) is 0 Å². The largest absolute Gasteiger partial charge is 0.395 e. The topological polar surface area (TPSA) is 69.2 Å². The van der Waals surface area contributed by atoms with E-state index in [9.17, 15) is 4.79 Å². The first-order chi connectivity index (χ1) is 8.20. The molecule has 0 saturated carbocycles. The fraction of sp³-hybridized carbons (Fsp3) is 0.667. The number of piperidine rings is 1. The van der Waals surface area contributed by atoms with Crippen LogP contribution in [0.1, 0.15) is 36.8 Å². The summed E-state index contributed by atoms with van der Waals surface area (Å²) < 4.78 is 0. The Balaban J connectivity index is 2.25. The van der Waals surface area contributed by atoms with Gasteiger partial charge in [-0.1, -0.05) is 6.42 Å². The number of aryl methyl sites for hydroxylation is 1. The minimum atomic E-state index is -0.0954. The van der Waals surface area contributed by atoms with E-state index in [1.165, 1.54) is 0 Å². The fourth-order valence-corrected chi connectivity index (χ4v) is 2.50. The predicted octanol–water partition coefficient (Wildman–Crippen LogP) is 0.598. The number of rotatable bonds is 3. The molecule has 17 heavy (non-hydrogen) atoms. The van der Waals surface area contributed by atoms with Gasteiger partial charge in [0.2, 0.25) is 0 Å². The maximum Gasteiger partial charge on any atom is 0.251 e. The number of β-amino-alcohol motifs (C(OH)–C–C–N with tert-alkyl or cyclic N) is 1. The summed E-state index contributed by atoms with van der Waals surface area (Å²) in [5.74, 6) is 0.655. The Labute approximate surface area is 100 Å². The van der Waals surface area contributed by atoms with Gasteiger partial charge in [-0.2, -0.15) is 0 Å². The maximum atomic E-state index is 11.5. The van der Waals surface area contributed by atoms with Gasteiger partial charge < -0.3 is 10.1 Å². The zero-order chi connectivity index (χ0) is 12.3. The second-order valence-corrected chi connectivity index (χ2v) is 4.53. The van der Waals surface area contributed by atoms with Crippen molar-refractivity contribution in [1.29, 1.82) is 0 Å². The highest BCUT2D eigenvalue weighted by atomic mass is 16.3. The van der Waals surface area contributed by atoms with Crippen LogP contribution in [-0.2, 0) is 0 Å². The highest BCUT2D eigenvalue weighted by Gasteiger charge is 2.24. The third-order valence-electron chi connectivity index (χ3n) is 3.22. The third kappa shape index (κ3) is 2.92. The first-order valence-corrected chi connectivity index (χ1v) is 6.13. The molecule has 5 nitrogen and oxygen atoms in total. The fourth-order valence-electron chi connectivity index (χ4n) is 2.50. The molecule has 0 aliphatic carbocycles. The van der Waals surface area contributed by atoms with E-state index >= 15 is 0 Å². The number of aromatic amines is 1. The average Bonchev–Trinajstić information content (AvgIpc) is 2.29. The van der Waals surface area contributed by atoms with Gasteiger partial charge in [-0.25, -0.2) is 4.98 Å². The van der Waals surface area contributed by atoms with E-state index < -0.39 is 0 Å². The van der Waals surface area contributed by atoms with Crippen LogP contribution in [0.25, 0.3) is 0 Å². The van der Waals surface area contributed by atoms with Gasteiger partial charge in [0.05, 0.1) is 18.3 Å². The Hall–Kier alpha value is -1.20. The van der Waals surface area contributed by atoms with Gasteiger partial charge in [0, 0.05) is 12.6 Å². The molecule has 1 saturated heterocycles. The van der Waals surface area contributed by atoms with Crippen molar-refractivity contribution in [1.82, 2.24) is 14.9 Å². The van der Waals surface area contributed by atoms with Gasteiger partial charge in [-0.15, -0.1) is 0 Å². The highest BCUT2D eigenvalue weighted by molar-refractivity contribution is 5.08. The van der Waals surface area contributed by atoms with Crippen molar-refractivity contribution in [3.63, 3.8) is 0 Å². The van der Waals surface area contributed by atoms with Crippen molar-refractivity contribution >= 4 is 0 Å². The Morgan fingerprint density at radius 3 is 3.12 bits per heavy atom. The second kappa shape index (κ2) is 5.42. The molecule has 0 spiro atoms. The molecule has 2 heterocycles. The van der Waals surface area contributed by atoms with E-state index in [0.29, 0.717) is 12.4 Å². The Morgan fingerprint density at radius 1 is 1.59 bits per heavy atom. The number of aliphatic hydroxyl groups excluding tert-OH is 1. The zero-order valence-electron chi connectivity index (χ0n) is 10.1. The molecule has 0 radical (unpaired) electrons. The van der Waals surface area contributed by atoms with E-state index in [4.69, 9.17) is 5.11 Å². The summed E-state index contributed by atoms with van der Waals surface area (Å²) in [5, 5.41) is 9.06. The van der Waals surface area contributed by atoms with Crippen LogP contribution in [0.3, 0.4) is 0 Å². The molecule has 1 aliphatic rings. The van der Waals surface area contributed by atoms with Crippen LogP contribution in [0, 0.1) is 6.92 Å². The summed E-state index contributed by atoms with van der Waals surface area (Å²) in [4.78, 5) is 20.7. The first kappa shape index (κ1) is 12.3. The molecule has 1 aromatic heterocycles. The molecule has 0 aromatic carbocycles. The SMILES string of the molecule is Cc1nc(C2CCCCN2CCO)cc(=O)[nH]1. The number of likely N-dealkylation sites (tertiary alicyclic amines) is 1. The average molecular weight is 237 g/mol. The summed E-state index contributed by atoms with van der Waals surface area (Å²) in [6.45, 7) is 3.57. The minimum absolute atomic E-state index is 0.0954. The molecule has 5 heteroatoms. The molecule has 94 valence electrons. The van der Waals surface area contributed by atoms with Gasteiger partial charge in [0.25, 0.3) is 5.56 Å². The van der Waals surface area contributed by atoms with Crippen LogP contribution < -0.4 is 5.56 Å². The summed E-state index contributed by atoms with van der Waals surface area (Å²) in [5.41, 5.74) is 0.737. The summed E-state index contributed by atoms with van der Waals surface area (Å²) in [6, 6.07) is 1.75. The summed E-state index contributed by atoms with van der Waals surface area (Å²) in [6.07, 6.45) is 3.31. The Bertz CT molecular complexity index is 428. The van der Waals surface area contributed by atoms with Crippen LogP contribution in [-0.4, -0.2) is 39.7 Å². The quantitative estimate of drug-likeness (QED) is 0.807. The molecule has 1 atom stereocenters. The normalized spacial score (nSPS) is 21.6. The van der Waals surface area contributed by atoms with Crippen LogP contribution in [0.2, 0.25) is 0 Å². The van der Waals surface area contributed by atoms with Crippen molar-refractivity contribution < 1.29 is 5.11 Å². The molecular weight excluding hydrogens is 218 g/mol. The van der Waals surface area contributed by atoms with E-state index in [2.05, 4.69) is 14.9 Å². The lowest BCUT2D eigenvalue weighted by molar-refractivity contribution is 0.114. The van der Waals surface area contributed by atoms with Crippen molar-refractivity contribution in [3.8, 4) is 0 Å². The van der Waals surface area contributed by atoms with Gasteiger partial charge in [0.1, 0.15) is 5.82 Å². The van der Waals surface area contributed by atoms with Crippen LogP contribution >= 0.6 is 0 Å². The predicted molar refractivity (Wildman–Crippen MR) is 64.8 cm³/mol. The monoisotopic (exact) mass is 237 g/mol. The molecule has 0 bridgehead atoms. The number of nitrogens with one attached hydrogen (secondary N) is 1. The van der Waals surface area contributed by atoms with Gasteiger partial charge in [-0.05, 0) is 26.3 Å². The van der Waals surface area contributed by atoms with E-state index in [1.807, 2.05) is 0 Å². The number of hydrogen-bond donors (Lipinski definition) is 2. The number of nitrogens with zero attached hydrogens (tertiary/aromatic N) is 2. The zero-order valence-corrected chi connectivity index (χ0v) is 10.1. The maximum absolute atomic E-state index is 11.5. The molecule has 1 aliphatic heterocycles. The van der Waals surface area contributed by atoms with Gasteiger partial charge >= 0.3 is 0 Å². The standard InChI is InChI=1S/C12H19N3O2/c1-9-13-10(8-12(17)14-9)11-4-2-3-5-15(11)6-7-16/h8,11,16H,2-7H2,1H3,(H,13,14,17). The summed E-state index contributed by atoms with van der Waals surface area (Å²) >= 11 is 0. The number of aromatic nitrogens is 2. The number of H-pyrrole nitrogens is 1. The lowest BCUT2D eigenvalue weighted by Gasteiger charge is -2.34. The molecule has 2 rings (SSSR count). The molecule has 2 N–H and O–H groups in total. The molecule has 1 unspecified atom stereocenters. The first-order valence-electron chi connectivity index (χ1n) is 6.13. The number of hydrogen-bond acceptors (Lipinski definition) is 4. The van der Waals surface area contributed by atoms with Crippen LogP contribution in [0.4, 0.5) is 0 Å². The van der Waals surface area contributed by atoms with E-state index in [0.717, 1.165) is 31.5 Å². The minimum Gasteiger partial charge on any atom is -0.395 e. The third-order valence-corrected chi connectivity index (χ3v) is 3.22. The van der Waals surface area contributed by atoms with Crippen molar-refractivity contribution in [2.75, 3.05) is 19.7 Å². The summed E-state index contributed by atoms with van der Waals surface area (Å²) in [7, 11) is 0. The lowest BCUT2D eigenvalue weighted by atomic mass is 9.99. The van der Waals surface area contributed by atoms with Crippen molar-refractivity contribution in [2.24, 2.45) is 0 Å². The molecular formula is C12H19N3O2. The molecule has 1 aromatic rings. The van der Waals surface area contributed by atoms with E-state index in [-0.39, 0.29) is 18.2 Å². The molecule has 0 amide bonds. The van der Waals surface area contributed by atoms with Crippen molar-refractivity contribution in [2.45, 2.75) is 32.2 Å². The second-order valence-electron chi connectivity index (χ2n) is 4.53. The van der Waals surface area contributed by atoms with Crippen LogP contribution in [0.15, 0.2) is 10.9 Å². The Morgan fingerprint density at radius 2 is 2.41 bits per heavy atom. The van der Waals surface area contributed by atoms with Crippen molar-refractivity contribution in [3.05, 3.63) is 27.9 Å². The smallest absolute Gasteiger partial charge is 0.251 e.